The molecule has 0 radical (unpaired) electrons. The zero-order valence-electron chi connectivity index (χ0n) is 10.4. The third-order valence-corrected chi connectivity index (χ3v) is 5.25. The van der Waals surface area contributed by atoms with Gasteiger partial charge in [0.05, 0.1) is 0 Å². The van der Waals surface area contributed by atoms with Gasteiger partial charge in [0.15, 0.2) is 5.78 Å². The van der Waals surface area contributed by atoms with Gasteiger partial charge in [0.25, 0.3) is 0 Å². The molecule has 2 heterocycles. The molecular weight excluding hydrogens is 229 g/mol. The summed E-state index contributed by atoms with van der Waals surface area (Å²) in [7, 11) is 2.13. The Balaban J connectivity index is 1.84. The van der Waals surface area contributed by atoms with Gasteiger partial charge in [0.1, 0.15) is 5.82 Å². The molecule has 0 saturated carbocycles. The van der Waals surface area contributed by atoms with Crippen LogP contribution in [0.5, 0.6) is 0 Å². The van der Waals surface area contributed by atoms with Crippen LogP contribution in [0.25, 0.3) is 0 Å². The average Bonchev–Trinajstić information content (AvgIpc) is 2.74. The summed E-state index contributed by atoms with van der Waals surface area (Å²) in [6, 6.07) is 5.74. The van der Waals surface area contributed by atoms with Crippen molar-refractivity contribution in [2.75, 3.05) is 7.05 Å². The Morgan fingerprint density at radius 2 is 2.17 bits per heavy atom. The number of carbonyl (C=O) groups excluding carboxylic acids is 1. The maximum absolute atomic E-state index is 13.3. The van der Waals surface area contributed by atoms with Crippen LogP contribution in [0.2, 0.25) is 0 Å². The van der Waals surface area contributed by atoms with E-state index in [4.69, 9.17) is 0 Å². The van der Waals surface area contributed by atoms with Gasteiger partial charge in [-0.05, 0) is 49.9 Å². The van der Waals surface area contributed by atoms with Gasteiger partial charge < -0.3 is 0 Å². The number of benzene rings is 1. The van der Waals surface area contributed by atoms with Crippen LogP contribution in [-0.2, 0) is 0 Å². The number of Topliss-reactive ketones (excluding diaryl/α,β-unsaturated/α-hetero) is 1. The van der Waals surface area contributed by atoms with Gasteiger partial charge in [-0.3, -0.25) is 9.69 Å². The maximum atomic E-state index is 13.3. The summed E-state index contributed by atoms with van der Waals surface area (Å²) in [6.07, 6.45) is 3.38. The van der Waals surface area contributed by atoms with Gasteiger partial charge in [-0.15, -0.1) is 0 Å². The number of carbonyl (C=O) groups is 1. The molecule has 2 saturated heterocycles. The first kappa shape index (κ1) is 10.7. The zero-order chi connectivity index (χ0) is 12.4. The minimum absolute atomic E-state index is 0.0746. The molecule has 0 spiro atoms. The van der Waals surface area contributed by atoms with Crippen LogP contribution < -0.4 is 0 Å². The lowest BCUT2D eigenvalue weighted by molar-refractivity contribution is 0.0697. The first-order valence-corrected chi connectivity index (χ1v) is 6.72. The SMILES string of the molecule is CN1C2CCC1C1C(=O)c3cc(F)ccc3C1C2. The molecule has 2 fully saturated rings. The summed E-state index contributed by atoms with van der Waals surface area (Å²) in [5.41, 5.74) is 1.74. The standard InChI is InChI=1S/C15H16FNO/c1-17-9-3-5-13(17)14-11(7-9)10-4-2-8(16)6-12(10)15(14)18/h2,4,6,9,11,13-14H,3,5,7H2,1H3. The van der Waals surface area contributed by atoms with E-state index in [0.717, 1.165) is 18.4 Å². The topological polar surface area (TPSA) is 20.3 Å². The molecule has 1 aromatic rings. The van der Waals surface area contributed by atoms with Gasteiger partial charge in [-0.25, -0.2) is 4.39 Å². The van der Waals surface area contributed by atoms with Crippen molar-refractivity contribution in [3.63, 3.8) is 0 Å². The van der Waals surface area contributed by atoms with Crippen molar-refractivity contribution in [1.82, 2.24) is 4.90 Å². The Kier molecular flexibility index (Phi) is 2.03. The van der Waals surface area contributed by atoms with Crippen LogP contribution in [0.1, 0.15) is 41.1 Å². The van der Waals surface area contributed by atoms with Crippen LogP contribution in [0.3, 0.4) is 0 Å². The Hall–Kier alpha value is -1.22. The van der Waals surface area contributed by atoms with Crippen molar-refractivity contribution < 1.29 is 9.18 Å². The van der Waals surface area contributed by atoms with Crippen LogP contribution >= 0.6 is 0 Å². The van der Waals surface area contributed by atoms with Gasteiger partial charge >= 0.3 is 0 Å². The molecule has 0 aromatic heterocycles. The molecule has 2 bridgehead atoms. The molecule has 3 aliphatic rings. The average molecular weight is 245 g/mol. The Morgan fingerprint density at radius 3 is 3.00 bits per heavy atom. The quantitative estimate of drug-likeness (QED) is 0.700. The molecular formula is C15H16FNO. The molecule has 4 unspecified atom stereocenters. The summed E-state index contributed by atoms with van der Waals surface area (Å²) < 4.78 is 13.3. The predicted octanol–water partition coefficient (Wildman–Crippen LogP) is 2.59. The lowest BCUT2D eigenvalue weighted by atomic mass is 9.80. The predicted molar refractivity (Wildman–Crippen MR) is 66.2 cm³/mol. The van der Waals surface area contributed by atoms with Gasteiger partial charge in [0, 0.05) is 23.6 Å². The molecule has 0 N–H and O–H groups in total. The number of hydrogen-bond acceptors (Lipinski definition) is 2. The van der Waals surface area contributed by atoms with Crippen LogP contribution in [0, 0.1) is 11.7 Å². The van der Waals surface area contributed by atoms with E-state index < -0.39 is 0 Å². The molecule has 4 rings (SSSR count). The number of ketones is 1. The number of nitrogens with zero attached hydrogens (tertiary/aromatic N) is 1. The second-order valence-corrected chi connectivity index (χ2v) is 5.93. The molecule has 1 aliphatic carbocycles. The second-order valence-electron chi connectivity index (χ2n) is 5.93. The fraction of sp³-hybridized carbons (Fsp3) is 0.533. The summed E-state index contributed by atoms with van der Waals surface area (Å²) in [6.45, 7) is 0. The van der Waals surface area contributed by atoms with Crippen molar-refractivity contribution in [2.24, 2.45) is 5.92 Å². The minimum atomic E-state index is -0.292. The van der Waals surface area contributed by atoms with Crippen molar-refractivity contribution in [3.8, 4) is 0 Å². The van der Waals surface area contributed by atoms with E-state index in [-0.39, 0.29) is 17.5 Å². The fourth-order valence-corrected chi connectivity index (χ4v) is 4.39. The highest BCUT2D eigenvalue weighted by molar-refractivity contribution is 6.03. The molecule has 1 aromatic carbocycles. The number of piperidine rings is 1. The first-order valence-electron chi connectivity index (χ1n) is 6.72. The van der Waals surface area contributed by atoms with E-state index in [1.807, 2.05) is 6.07 Å². The largest absolute Gasteiger partial charge is 0.300 e. The number of halogens is 1. The first-order chi connectivity index (χ1) is 8.66. The number of rotatable bonds is 0. The number of hydrogen-bond donors (Lipinski definition) is 0. The van der Waals surface area contributed by atoms with Crippen LogP contribution in [0.4, 0.5) is 4.39 Å². The Labute approximate surface area is 106 Å². The molecule has 18 heavy (non-hydrogen) atoms. The van der Waals surface area contributed by atoms with Crippen molar-refractivity contribution in [3.05, 3.63) is 35.1 Å². The van der Waals surface area contributed by atoms with Crippen LogP contribution in [0.15, 0.2) is 18.2 Å². The fourth-order valence-electron chi connectivity index (χ4n) is 4.39. The smallest absolute Gasteiger partial charge is 0.168 e. The Bertz CT molecular complexity index is 541. The minimum Gasteiger partial charge on any atom is -0.300 e. The highest BCUT2D eigenvalue weighted by Crippen LogP contribution is 2.51. The molecule has 2 nitrogen and oxygen atoms in total. The van der Waals surface area contributed by atoms with E-state index in [1.165, 1.54) is 18.6 Å². The summed E-state index contributed by atoms with van der Waals surface area (Å²) in [5, 5.41) is 0. The van der Waals surface area contributed by atoms with Crippen LogP contribution in [-0.4, -0.2) is 29.8 Å². The molecule has 3 heteroatoms. The summed E-state index contributed by atoms with van der Waals surface area (Å²) in [5.74, 6) is 0.290. The molecule has 94 valence electrons. The third kappa shape index (κ3) is 1.18. The highest BCUT2D eigenvalue weighted by Gasteiger charge is 2.53. The third-order valence-electron chi connectivity index (χ3n) is 5.25. The van der Waals surface area contributed by atoms with E-state index in [2.05, 4.69) is 11.9 Å². The molecule has 4 atom stereocenters. The lowest BCUT2D eigenvalue weighted by Crippen LogP contribution is -2.46. The second kappa shape index (κ2) is 3.41. The molecule has 0 amide bonds. The van der Waals surface area contributed by atoms with E-state index in [0.29, 0.717) is 23.6 Å². The normalized spacial score (nSPS) is 37.8. The van der Waals surface area contributed by atoms with Crippen molar-refractivity contribution >= 4 is 5.78 Å². The van der Waals surface area contributed by atoms with E-state index in [9.17, 15) is 9.18 Å². The number of fused-ring (bicyclic) bond motifs is 6. The van der Waals surface area contributed by atoms with Gasteiger partial charge in [0.2, 0.25) is 0 Å². The van der Waals surface area contributed by atoms with E-state index >= 15 is 0 Å². The summed E-state index contributed by atoms with van der Waals surface area (Å²) >= 11 is 0. The zero-order valence-corrected chi connectivity index (χ0v) is 10.4. The monoisotopic (exact) mass is 245 g/mol. The van der Waals surface area contributed by atoms with E-state index in [1.54, 1.807) is 0 Å². The maximum Gasteiger partial charge on any atom is 0.168 e. The van der Waals surface area contributed by atoms with Crippen molar-refractivity contribution in [1.29, 1.82) is 0 Å². The van der Waals surface area contributed by atoms with Gasteiger partial charge in [-0.2, -0.15) is 0 Å². The van der Waals surface area contributed by atoms with Crippen molar-refractivity contribution in [2.45, 2.75) is 37.3 Å². The molecule has 2 aliphatic heterocycles. The Morgan fingerprint density at radius 1 is 1.33 bits per heavy atom. The van der Waals surface area contributed by atoms with Gasteiger partial charge in [-0.1, -0.05) is 6.07 Å². The lowest BCUT2D eigenvalue weighted by Gasteiger charge is -2.39. The summed E-state index contributed by atoms with van der Waals surface area (Å²) in [4.78, 5) is 14.9. The highest BCUT2D eigenvalue weighted by atomic mass is 19.1.